The molecule has 3 aliphatic rings. The zero-order chi connectivity index (χ0) is 67.5. The van der Waals surface area contributed by atoms with E-state index in [9.17, 15) is 61.0 Å². The average molecular weight is 1320 g/mol. The van der Waals surface area contributed by atoms with Gasteiger partial charge in [0.1, 0.15) is 73.2 Å². The van der Waals surface area contributed by atoms with Crippen LogP contribution in [-0.4, -0.2) is 193 Å². The third-order valence-electron chi connectivity index (χ3n) is 18.0. The summed E-state index contributed by atoms with van der Waals surface area (Å²) in [6.45, 7) is 1.61. The van der Waals surface area contributed by atoms with Crippen molar-refractivity contribution in [1.82, 2.24) is 5.32 Å². The molecule has 17 unspecified atom stereocenters. The normalized spacial score (nSPS) is 27.9. The summed E-state index contributed by atoms with van der Waals surface area (Å²) in [7, 11) is 0. The van der Waals surface area contributed by atoms with Crippen LogP contribution < -0.4 is 5.32 Å². The number of nitrogens with one attached hydrogen (secondary N) is 1. The third kappa shape index (κ3) is 36.6. The zero-order valence-corrected chi connectivity index (χ0v) is 57.2. The first-order valence-electron chi connectivity index (χ1n) is 36.7. The SMILES string of the molecule is CC/C=C\C/C=C\C/C=C\C/C=C\CCCCCCCCCCC(=O)NC(COC1OC(CO)C(OC2OC(CO)C(OC3OC(CO)C(O)C(O)C3O)C(O)C2O)C(O)C1O)C(O)/C=C/CC/C=C/CCCCCCCCCCCCCCCCCCCCCCC. The van der Waals surface area contributed by atoms with Gasteiger partial charge in [0.15, 0.2) is 18.9 Å². The number of hydrogen-bond donors (Lipinski definition) is 12. The van der Waals surface area contributed by atoms with Crippen molar-refractivity contribution in [2.24, 2.45) is 0 Å². The van der Waals surface area contributed by atoms with Crippen LogP contribution in [0.2, 0.25) is 0 Å². The van der Waals surface area contributed by atoms with Crippen LogP contribution in [0.3, 0.4) is 0 Å². The zero-order valence-electron chi connectivity index (χ0n) is 57.2. The maximum absolute atomic E-state index is 13.4. The van der Waals surface area contributed by atoms with E-state index in [1.807, 2.05) is 6.08 Å². The molecule has 0 aromatic rings. The minimum absolute atomic E-state index is 0.223. The topological polar surface area (TPSA) is 307 Å². The Morgan fingerprint density at radius 3 is 1.20 bits per heavy atom. The highest BCUT2D eigenvalue weighted by Gasteiger charge is 2.53. The molecule has 1 amide bonds. The van der Waals surface area contributed by atoms with E-state index >= 15 is 0 Å². The second-order valence-corrected chi connectivity index (χ2v) is 26.0. The Morgan fingerprint density at radius 1 is 0.398 bits per heavy atom. The number of aliphatic hydroxyl groups excluding tert-OH is 11. The van der Waals surface area contributed by atoms with Gasteiger partial charge in [0.05, 0.1) is 38.6 Å². The van der Waals surface area contributed by atoms with E-state index in [4.69, 9.17) is 28.4 Å². The third-order valence-corrected chi connectivity index (χ3v) is 18.0. The van der Waals surface area contributed by atoms with Crippen molar-refractivity contribution in [3.8, 4) is 0 Å². The van der Waals surface area contributed by atoms with E-state index in [-0.39, 0.29) is 18.9 Å². The van der Waals surface area contributed by atoms with Gasteiger partial charge in [0.2, 0.25) is 5.91 Å². The van der Waals surface area contributed by atoms with Crippen molar-refractivity contribution < 1.29 is 89.4 Å². The van der Waals surface area contributed by atoms with Crippen LogP contribution in [0.15, 0.2) is 72.9 Å². The second kappa shape index (κ2) is 55.1. The largest absolute Gasteiger partial charge is 0.394 e. The van der Waals surface area contributed by atoms with Gasteiger partial charge in [-0.3, -0.25) is 4.79 Å². The highest BCUT2D eigenvalue weighted by Crippen LogP contribution is 2.33. The molecule has 0 radical (unpaired) electrons. The van der Waals surface area contributed by atoms with E-state index in [1.54, 1.807) is 6.08 Å². The molecule has 0 bridgehead atoms. The van der Waals surface area contributed by atoms with Gasteiger partial charge >= 0.3 is 0 Å². The number of unbranched alkanes of at least 4 members (excludes halogenated alkanes) is 30. The summed E-state index contributed by atoms with van der Waals surface area (Å²) in [6.07, 6.45) is 43.1. The molecule has 93 heavy (non-hydrogen) atoms. The summed E-state index contributed by atoms with van der Waals surface area (Å²) in [4.78, 5) is 13.4. The molecule has 0 aliphatic carbocycles. The Balaban J connectivity index is 1.43. The number of rotatable bonds is 56. The van der Waals surface area contributed by atoms with Crippen molar-refractivity contribution in [1.29, 1.82) is 0 Å². The fourth-order valence-electron chi connectivity index (χ4n) is 12.1. The molecule has 0 aromatic carbocycles. The van der Waals surface area contributed by atoms with E-state index in [0.29, 0.717) is 12.8 Å². The number of carbonyl (C=O) groups is 1. The Morgan fingerprint density at radius 2 is 0.753 bits per heavy atom. The van der Waals surface area contributed by atoms with Gasteiger partial charge in [0.25, 0.3) is 0 Å². The van der Waals surface area contributed by atoms with Crippen molar-refractivity contribution in [3.63, 3.8) is 0 Å². The summed E-state index contributed by atoms with van der Waals surface area (Å²) in [5, 5.41) is 121. The molecule has 0 aromatic heterocycles. The Kier molecular flexibility index (Phi) is 50.1. The predicted molar refractivity (Wildman–Crippen MR) is 365 cm³/mol. The van der Waals surface area contributed by atoms with Crippen molar-refractivity contribution >= 4 is 5.91 Å². The fourth-order valence-corrected chi connectivity index (χ4v) is 12.1. The lowest BCUT2D eigenvalue weighted by atomic mass is 9.96. The molecule has 19 heteroatoms. The average Bonchev–Trinajstić information content (AvgIpc) is 1.48. The molecular formula is C74H131NO18. The molecule has 3 aliphatic heterocycles. The van der Waals surface area contributed by atoms with Crippen LogP contribution >= 0.6 is 0 Å². The molecule has 3 heterocycles. The lowest BCUT2D eigenvalue weighted by molar-refractivity contribution is -0.379. The van der Waals surface area contributed by atoms with Gasteiger partial charge in [-0.2, -0.15) is 0 Å². The van der Waals surface area contributed by atoms with E-state index in [1.165, 1.54) is 148 Å². The monoisotopic (exact) mass is 1320 g/mol. The maximum Gasteiger partial charge on any atom is 0.220 e. The number of hydrogen-bond acceptors (Lipinski definition) is 18. The summed E-state index contributed by atoms with van der Waals surface area (Å²) >= 11 is 0. The summed E-state index contributed by atoms with van der Waals surface area (Å²) < 4.78 is 34.4. The molecule has 3 fully saturated rings. The number of carbonyl (C=O) groups excluding carboxylic acids is 1. The lowest BCUT2D eigenvalue weighted by Gasteiger charge is -2.48. The molecule has 0 spiro atoms. The maximum atomic E-state index is 13.4. The van der Waals surface area contributed by atoms with Gasteiger partial charge in [-0.1, -0.05) is 254 Å². The molecule has 17 atom stereocenters. The Hall–Kier alpha value is -2.77. The van der Waals surface area contributed by atoms with Crippen LogP contribution in [0.25, 0.3) is 0 Å². The van der Waals surface area contributed by atoms with Crippen molar-refractivity contribution in [2.45, 2.75) is 362 Å². The van der Waals surface area contributed by atoms with Gasteiger partial charge in [-0.05, 0) is 70.6 Å². The van der Waals surface area contributed by atoms with Crippen LogP contribution in [0.1, 0.15) is 258 Å². The van der Waals surface area contributed by atoms with Crippen molar-refractivity contribution in [2.75, 3.05) is 26.4 Å². The summed E-state index contributed by atoms with van der Waals surface area (Å²) in [6, 6.07) is -1.000. The predicted octanol–water partition coefficient (Wildman–Crippen LogP) is 10.5. The molecular weight excluding hydrogens is 1190 g/mol. The molecule has 3 rings (SSSR count). The molecule has 19 nitrogen and oxygen atoms in total. The van der Waals surface area contributed by atoms with Gasteiger partial charge in [-0.25, -0.2) is 0 Å². The van der Waals surface area contributed by atoms with Crippen LogP contribution in [0, 0.1) is 0 Å². The highest BCUT2D eigenvalue weighted by atomic mass is 16.8. The second-order valence-electron chi connectivity index (χ2n) is 26.0. The van der Waals surface area contributed by atoms with E-state index < -0.39 is 124 Å². The summed E-state index contributed by atoms with van der Waals surface area (Å²) in [5.74, 6) is -0.294. The summed E-state index contributed by atoms with van der Waals surface area (Å²) in [5.41, 5.74) is 0. The molecule has 3 saturated heterocycles. The minimum Gasteiger partial charge on any atom is -0.394 e. The standard InChI is InChI=1S/C74H131NO18/c1-3-5-7-9-11-13-15-17-19-21-23-25-26-27-28-29-30-32-33-35-37-39-41-43-45-47-49-51-58(79)57(75-62(80)52-50-48-46-44-42-40-38-36-34-31-24-22-20-18-16-14-12-10-8-6-4-2)56-88-72-68(86)65(83)70(60(54-77)90-72)93-74-69(87)66(84)71(61(55-78)91-74)92-73-67(85)64(82)63(81)59(53-76)89-73/h6,8,12,14,18,20,24,31,41,43,49,51,57-61,63-74,76-79,81-87H,3-5,7,9-11,13,15-17,19,21-23,25-30,32-40,42,44-48,50,52-56H2,1-2H3,(H,75,80)/b8-6-,14-12-,20-18-,31-24-,43-41+,51-49+. The minimum atomic E-state index is -1.99. The number of aliphatic hydroxyl groups is 11. The molecule has 12 N–H and O–H groups in total. The Bertz CT molecular complexity index is 1970. The number of ether oxygens (including phenoxy) is 6. The van der Waals surface area contributed by atoms with Crippen LogP contribution in [0.5, 0.6) is 0 Å². The van der Waals surface area contributed by atoms with Gasteiger partial charge in [0, 0.05) is 6.42 Å². The van der Waals surface area contributed by atoms with Crippen LogP contribution in [0.4, 0.5) is 0 Å². The number of allylic oxidation sites excluding steroid dienone is 11. The van der Waals surface area contributed by atoms with Gasteiger partial charge < -0.3 is 89.9 Å². The van der Waals surface area contributed by atoms with E-state index in [2.05, 4.69) is 79.9 Å². The van der Waals surface area contributed by atoms with Crippen molar-refractivity contribution in [3.05, 3.63) is 72.9 Å². The fraction of sp³-hybridized carbons (Fsp3) is 0.824. The first kappa shape index (κ1) is 84.5. The lowest BCUT2D eigenvalue weighted by Crippen LogP contribution is -2.66. The first-order chi connectivity index (χ1) is 45.3. The highest BCUT2D eigenvalue weighted by molar-refractivity contribution is 5.76. The molecule has 0 saturated carbocycles. The first-order valence-corrected chi connectivity index (χ1v) is 36.7. The smallest absolute Gasteiger partial charge is 0.220 e. The van der Waals surface area contributed by atoms with Gasteiger partial charge in [-0.15, -0.1) is 0 Å². The van der Waals surface area contributed by atoms with E-state index in [0.717, 1.165) is 77.0 Å². The number of amides is 1. The molecule has 540 valence electrons. The van der Waals surface area contributed by atoms with Crippen LogP contribution in [-0.2, 0) is 33.2 Å². The Labute approximate surface area is 559 Å². The quantitative estimate of drug-likeness (QED) is 0.0199.